The lowest BCUT2D eigenvalue weighted by Crippen LogP contribution is -2.44. The predicted molar refractivity (Wildman–Crippen MR) is 106 cm³/mol. The van der Waals surface area contributed by atoms with Crippen LogP contribution in [-0.2, 0) is 9.53 Å². The summed E-state index contributed by atoms with van der Waals surface area (Å²) < 4.78 is 19.4. The lowest BCUT2D eigenvalue weighted by molar-refractivity contribution is -0.134. The van der Waals surface area contributed by atoms with Crippen molar-refractivity contribution in [2.45, 2.75) is 17.2 Å². The fraction of sp³-hybridized carbons (Fsp3) is 0.316. The molecule has 1 aliphatic rings. The number of rotatable bonds is 4. The molecule has 0 N–H and O–H groups in total. The summed E-state index contributed by atoms with van der Waals surface area (Å²) in [6.07, 6.45) is 1.53. The number of carbonyl (C=O) groups excluding carboxylic acids is 1. The van der Waals surface area contributed by atoms with Crippen molar-refractivity contribution < 1.29 is 13.9 Å². The molecule has 8 heteroatoms. The van der Waals surface area contributed by atoms with Gasteiger partial charge in [0.2, 0.25) is 5.91 Å². The highest BCUT2D eigenvalue weighted by Crippen LogP contribution is 2.38. The number of morpholine rings is 1. The maximum absolute atomic E-state index is 13.2. The monoisotopic (exact) mass is 403 g/mol. The minimum atomic E-state index is -0.258. The first kappa shape index (κ1) is 18.3. The van der Waals surface area contributed by atoms with Gasteiger partial charge < -0.3 is 9.64 Å². The van der Waals surface area contributed by atoms with Crippen LogP contribution in [0.4, 0.5) is 4.39 Å². The number of nitrogens with zero attached hydrogens (tertiary/aromatic N) is 3. The molecule has 5 nitrogen and oxygen atoms in total. The zero-order valence-corrected chi connectivity index (χ0v) is 16.4. The number of ether oxygens (including phenoxy) is 1. The molecule has 3 heterocycles. The van der Waals surface area contributed by atoms with Crippen molar-refractivity contribution in [2.24, 2.45) is 0 Å². The first-order valence-corrected chi connectivity index (χ1v) is 10.3. The average Bonchev–Trinajstić information content (AvgIpc) is 3.14. The lowest BCUT2D eigenvalue weighted by atomic mass is 10.2. The van der Waals surface area contributed by atoms with Crippen LogP contribution < -0.4 is 0 Å². The second kappa shape index (κ2) is 7.92. The number of thiophene rings is 1. The SMILES string of the molecule is C[C@H](Sc1ncnc2cc(-c3ccc(F)cc3)sc12)C(=O)N1CCOCC1. The Morgan fingerprint density at radius 3 is 2.74 bits per heavy atom. The van der Waals surface area contributed by atoms with Crippen molar-refractivity contribution in [3.8, 4) is 10.4 Å². The van der Waals surface area contributed by atoms with Crippen molar-refractivity contribution in [3.63, 3.8) is 0 Å². The predicted octanol–water partition coefficient (Wildman–Crippen LogP) is 3.84. The first-order chi connectivity index (χ1) is 13.1. The Bertz CT molecular complexity index is 955. The van der Waals surface area contributed by atoms with Crippen LogP contribution in [0.1, 0.15) is 6.92 Å². The highest BCUT2D eigenvalue weighted by Gasteiger charge is 2.24. The molecule has 140 valence electrons. The highest BCUT2D eigenvalue weighted by atomic mass is 32.2. The lowest BCUT2D eigenvalue weighted by Gasteiger charge is -2.28. The summed E-state index contributed by atoms with van der Waals surface area (Å²) in [5.74, 6) is -0.156. The van der Waals surface area contributed by atoms with E-state index in [1.165, 1.54) is 30.2 Å². The van der Waals surface area contributed by atoms with E-state index in [2.05, 4.69) is 9.97 Å². The quantitative estimate of drug-likeness (QED) is 0.489. The Hall–Kier alpha value is -2.03. The largest absolute Gasteiger partial charge is 0.378 e. The molecular weight excluding hydrogens is 385 g/mol. The number of hydrogen-bond acceptors (Lipinski definition) is 6. The summed E-state index contributed by atoms with van der Waals surface area (Å²) in [5, 5.41) is 0.560. The second-order valence-electron chi connectivity index (χ2n) is 6.21. The van der Waals surface area contributed by atoms with E-state index in [0.29, 0.717) is 26.3 Å². The molecule has 0 saturated carbocycles. The van der Waals surface area contributed by atoms with E-state index in [-0.39, 0.29) is 17.0 Å². The van der Waals surface area contributed by atoms with E-state index in [0.717, 1.165) is 25.7 Å². The van der Waals surface area contributed by atoms with Gasteiger partial charge in [0.25, 0.3) is 0 Å². The standard InChI is InChI=1S/C19H18FN3O2S2/c1-12(19(24)23-6-8-25-9-7-23)26-18-17-15(21-11-22-18)10-16(27-17)13-2-4-14(20)5-3-13/h2-5,10-12H,6-9H2,1H3/t12-/m0/s1. The minimum Gasteiger partial charge on any atom is -0.378 e. The van der Waals surface area contributed by atoms with E-state index < -0.39 is 0 Å². The average molecular weight is 404 g/mol. The van der Waals surface area contributed by atoms with Gasteiger partial charge in [0.05, 0.1) is 28.7 Å². The Kier molecular flexibility index (Phi) is 5.38. The third kappa shape index (κ3) is 3.97. The molecule has 27 heavy (non-hydrogen) atoms. The molecular formula is C19H18FN3O2S2. The molecule has 2 aromatic heterocycles. The molecule has 1 aromatic carbocycles. The van der Waals surface area contributed by atoms with Gasteiger partial charge in [-0.3, -0.25) is 4.79 Å². The number of aromatic nitrogens is 2. The second-order valence-corrected chi connectivity index (χ2v) is 8.59. The Morgan fingerprint density at radius 2 is 2.00 bits per heavy atom. The minimum absolute atomic E-state index is 0.102. The summed E-state index contributed by atoms with van der Waals surface area (Å²) in [4.78, 5) is 24.3. The summed E-state index contributed by atoms with van der Waals surface area (Å²) in [6, 6.07) is 8.39. The van der Waals surface area contributed by atoms with Gasteiger partial charge in [0.15, 0.2) is 0 Å². The van der Waals surface area contributed by atoms with Crippen molar-refractivity contribution in [1.29, 1.82) is 0 Å². The van der Waals surface area contributed by atoms with Crippen molar-refractivity contribution >= 4 is 39.2 Å². The highest BCUT2D eigenvalue weighted by molar-refractivity contribution is 8.00. The summed E-state index contributed by atoms with van der Waals surface area (Å²) in [7, 11) is 0. The molecule has 0 unspecified atom stereocenters. The summed E-state index contributed by atoms with van der Waals surface area (Å²) in [6.45, 7) is 4.36. The first-order valence-electron chi connectivity index (χ1n) is 8.65. The summed E-state index contributed by atoms with van der Waals surface area (Å²) >= 11 is 3.01. The van der Waals surface area contributed by atoms with Crippen LogP contribution in [0.3, 0.4) is 0 Å². The normalized spacial score (nSPS) is 15.9. The number of hydrogen-bond donors (Lipinski definition) is 0. The third-order valence-electron chi connectivity index (χ3n) is 4.37. The Labute approximate surface area is 164 Å². The van der Waals surface area contributed by atoms with Crippen molar-refractivity contribution in [1.82, 2.24) is 14.9 Å². The van der Waals surface area contributed by atoms with Crippen molar-refractivity contribution in [2.75, 3.05) is 26.3 Å². The Balaban J connectivity index is 1.58. The van der Waals surface area contributed by atoms with Crippen LogP contribution in [0, 0.1) is 5.82 Å². The molecule has 0 aliphatic carbocycles. The van der Waals surface area contributed by atoms with Crippen LogP contribution in [0.5, 0.6) is 0 Å². The van der Waals surface area contributed by atoms with Gasteiger partial charge in [-0.1, -0.05) is 23.9 Å². The van der Waals surface area contributed by atoms with E-state index in [1.54, 1.807) is 23.5 Å². The van der Waals surface area contributed by atoms with E-state index in [1.807, 2.05) is 17.9 Å². The van der Waals surface area contributed by atoms with Crippen LogP contribution in [-0.4, -0.2) is 52.3 Å². The fourth-order valence-corrected chi connectivity index (χ4v) is 5.11. The molecule has 0 bridgehead atoms. The van der Waals surface area contributed by atoms with Crippen LogP contribution in [0.25, 0.3) is 20.7 Å². The molecule has 1 atom stereocenters. The molecule has 0 radical (unpaired) electrons. The topological polar surface area (TPSA) is 55.3 Å². The molecule has 1 amide bonds. The number of halogens is 1. The number of thioether (sulfide) groups is 1. The van der Waals surface area contributed by atoms with E-state index in [4.69, 9.17) is 4.74 Å². The van der Waals surface area contributed by atoms with Gasteiger partial charge in [-0.15, -0.1) is 11.3 Å². The van der Waals surface area contributed by atoms with E-state index in [9.17, 15) is 9.18 Å². The molecule has 1 saturated heterocycles. The van der Waals surface area contributed by atoms with Crippen LogP contribution in [0.2, 0.25) is 0 Å². The van der Waals surface area contributed by atoms with Crippen LogP contribution >= 0.6 is 23.1 Å². The Morgan fingerprint density at radius 1 is 1.26 bits per heavy atom. The van der Waals surface area contributed by atoms with Gasteiger partial charge in [-0.05, 0) is 30.7 Å². The molecule has 3 aromatic rings. The number of fused-ring (bicyclic) bond motifs is 1. The van der Waals surface area contributed by atoms with Gasteiger partial charge in [-0.25, -0.2) is 14.4 Å². The molecule has 1 fully saturated rings. The van der Waals surface area contributed by atoms with E-state index >= 15 is 0 Å². The zero-order valence-electron chi connectivity index (χ0n) is 14.7. The van der Waals surface area contributed by atoms with Gasteiger partial charge >= 0.3 is 0 Å². The van der Waals surface area contributed by atoms with Gasteiger partial charge in [0, 0.05) is 18.0 Å². The molecule has 4 rings (SSSR count). The smallest absolute Gasteiger partial charge is 0.235 e. The zero-order chi connectivity index (χ0) is 18.8. The van der Waals surface area contributed by atoms with Gasteiger partial charge in [-0.2, -0.15) is 0 Å². The number of benzene rings is 1. The number of amides is 1. The third-order valence-corrected chi connectivity index (χ3v) is 6.76. The maximum atomic E-state index is 13.2. The van der Waals surface area contributed by atoms with Gasteiger partial charge in [0.1, 0.15) is 17.2 Å². The fourth-order valence-electron chi connectivity index (χ4n) is 2.93. The molecule has 0 spiro atoms. The summed E-state index contributed by atoms with van der Waals surface area (Å²) in [5.41, 5.74) is 1.77. The molecule has 1 aliphatic heterocycles. The number of carbonyl (C=O) groups is 1. The van der Waals surface area contributed by atoms with Crippen LogP contribution in [0.15, 0.2) is 41.7 Å². The van der Waals surface area contributed by atoms with Crippen molar-refractivity contribution in [3.05, 3.63) is 42.5 Å². The maximum Gasteiger partial charge on any atom is 0.235 e.